The fourth-order valence-electron chi connectivity index (χ4n) is 2.39. The summed E-state index contributed by atoms with van der Waals surface area (Å²) in [4.78, 5) is 1.38. The minimum absolute atomic E-state index is 0.516. The van der Waals surface area contributed by atoms with Gasteiger partial charge in [0, 0.05) is 10.9 Å². The molecule has 0 aliphatic heterocycles. The molecule has 0 aromatic heterocycles. The van der Waals surface area contributed by atoms with Crippen LogP contribution in [0.4, 0.5) is 0 Å². The van der Waals surface area contributed by atoms with Gasteiger partial charge in [-0.15, -0.1) is 11.8 Å². The summed E-state index contributed by atoms with van der Waals surface area (Å²) >= 11 is 1.91. The van der Waals surface area contributed by atoms with E-state index in [0.717, 1.165) is 5.75 Å². The number of hydrogen-bond donors (Lipinski definition) is 1. The summed E-state index contributed by atoms with van der Waals surface area (Å²) in [6.45, 7) is 4.47. The number of benzene rings is 1. The first-order valence-electron chi connectivity index (χ1n) is 7.71. The standard InChI is InChI=1S/C17H29NS/c1-4-6-7-8-9-10-17(18-3)15-11-13-16(14-12-15)19-5-2/h11-14,17-18H,4-10H2,1-3H3. The maximum Gasteiger partial charge on any atom is 0.0317 e. The van der Waals surface area contributed by atoms with E-state index in [1.807, 2.05) is 11.8 Å². The predicted octanol–water partition coefficient (Wildman–Crippen LogP) is 5.42. The Morgan fingerprint density at radius 3 is 2.26 bits per heavy atom. The quantitative estimate of drug-likeness (QED) is 0.453. The number of nitrogens with one attached hydrogen (secondary N) is 1. The Bertz CT molecular complexity index is 321. The van der Waals surface area contributed by atoms with E-state index in [2.05, 4.69) is 50.5 Å². The molecule has 0 bridgehead atoms. The molecule has 0 heterocycles. The SMILES string of the molecule is CCCCCCCC(NC)c1ccc(SCC)cc1. The molecule has 0 aliphatic carbocycles. The zero-order chi connectivity index (χ0) is 13.9. The molecule has 1 unspecified atom stereocenters. The minimum Gasteiger partial charge on any atom is -0.313 e. The number of thioether (sulfide) groups is 1. The monoisotopic (exact) mass is 279 g/mol. The summed E-state index contributed by atoms with van der Waals surface area (Å²) < 4.78 is 0. The van der Waals surface area contributed by atoms with Gasteiger partial charge >= 0.3 is 0 Å². The molecule has 1 N–H and O–H groups in total. The molecule has 2 heteroatoms. The summed E-state index contributed by atoms with van der Waals surface area (Å²) in [5, 5.41) is 3.45. The predicted molar refractivity (Wildman–Crippen MR) is 88.0 cm³/mol. The van der Waals surface area contributed by atoms with E-state index in [1.54, 1.807) is 0 Å². The lowest BCUT2D eigenvalue weighted by Crippen LogP contribution is -2.16. The van der Waals surface area contributed by atoms with Crippen molar-refractivity contribution in [3.8, 4) is 0 Å². The highest BCUT2D eigenvalue weighted by atomic mass is 32.2. The van der Waals surface area contributed by atoms with Gasteiger partial charge in [0.1, 0.15) is 0 Å². The van der Waals surface area contributed by atoms with Crippen molar-refractivity contribution in [2.75, 3.05) is 12.8 Å². The van der Waals surface area contributed by atoms with Crippen LogP contribution >= 0.6 is 11.8 Å². The molecular weight excluding hydrogens is 250 g/mol. The average molecular weight is 279 g/mol. The molecule has 1 nitrogen and oxygen atoms in total. The van der Waals surface area contributed by atoms with E-state index in [4.69, 9.17) is 0 Å². The van der Waals surface area contributed by atoms with E-state index in [1.165, 1.54) is 49.0 Å². The molecule has 0 fully saturated rings. The van der Waals surface area contributed by atoms with Crippen LogP contribution in [0.5, 0.6) is 0 Å². The molecule has 19 heavy (non-hydrogen) atoms. The number of rotatable bonds is 10. The Morgan fingerprint density at radius 2 is 1.68 bits per heavy atom. The highest BCUT2D eigenvalue weighted by Gasteiger charge is 2.08. The van der Waals surface area contributed by atoms with Gasteiger partial charge in [0.2, 0.25) is 0 Å². The van der Waals surface area contributed by atoms with Crippen LogP contribution in [0.1, 0.15) is 64.0 Å². The molecule has 1 atom stereocenters. The van der Waals surface area contributed by atoms with E-state index in [-0.39, 0.29) is 0 Å². The van der Waals surface area contributed by atoms with Gasteiger partial charge in [-0.25, -0.2) is 0 Å². The first-order valence-corrected chi connectivity index (χ1v) is 8.70. The van der Waals surface area contributed by atoms with Crippen molar-refractivity contribution in [3.05, 3.63) is 29.8 Å². The summed E-state index contributed by atoms with van der Waals surface area (Å²) in [7, 11) is 2.07. The second-order valence-corrected chi connectivity index (χ2v) is 6.38. The van der Waals surface area contributed by atoms with Crippen LogP contribution in [-0.2, 0) is 0 Å². The first kappa shape index (κ1) is 16.6. The van der Waals surface area contributed by atoms with Gasteiger partial charge in [-0.1, -0.05) is 58.1 Å². The normalized spacial score (nSPS) is 12.6. The van der Waals surface area contributed by atoms with Crippen molar-refractivity contribution >= 4 is 11.8 Å². The van der Waals surface area contributed by atoms with Crippen LogP contribution in [0.25, 0.3) is 0 Å². The third kappa shape index (κ3) is 6.49. The third-order valence-corrected chi connectivity index (χ3v) is 4.43. The van der Waals surface area contributed by atoms with Crippen molar-refractivity contribution in [3.63, 3.8) is 0 Å². The Kier molecular flexibility index (Phi) is 9.02. The van der Waals surface area contributed by atoms with Crippen molar-refractivity contribution in [2.24, 2.45) is 0 Å². The summed E-state index contributed by atoms with van der Waals surface area (Å²) in [6, 6.07) is 9.59. The Hall–Kier alpha value is -0.470. The van der Waals surface area contributed by atoms with Crippen molar-refractivity contribution in [1.29, 1.82) is 0 Å². The van der Waals surface area contributed by atoms with E-state index >= 15 is 0 Å². The highest BCUT2D eigenvalue weighted by Crippen LogP contribution is 2.24. The Labute approximate surface area is 123 Å². The maximum atomic E-state index is 3.45. The average Bonchev–Trinajstić information content (AvgIpc) is 2.44. The Balaban J connectivity index is 2.40. The second kappa shape index (κ2) is 10.3. The summed E-state index contributed by atoms with van der Waals surface area (Å²) in [6.07, 6.45) is 8.05. The lowest BCUT2D eigenvalue weighted by molar-refractivity contribution is 0.500. The molecule has 0 spiro atoms. The van der Waals surface area contributed by atoms with Gasteiger partial charge in [-0.2, -0.15) is 0 Å². The number of hydrogen-bond acceptors (Lipinski definition) is 2. The second-order valence-electron chi connectivity index (χ2n) is 5.05. The number of unbranched alkanes of at least 4 members (excludes halogenated alkanes) is 4. The topological polar surface area (TPSA) is 12.0 Å². The fraction of sp³-hybridized carbons (Fsp3) is 0.647. The van der Waals surface area contributed by atoms with Crippen LogP contribution in [0.3, 0.4) is 0 Å². The zero-order valence-electron chi connectivity index (χ0n) is 12.7. The molecule has 1 rings (SSSR count). The zero-order valence-corrected chi connectivity index (χ0v) is 13.6. The fourth-order valence-corrected chi connectivity index (χ4v) is 3.05. The smallest absolute Gasteiger partial charge is 0.0317 e. The lowest BCUT2D eigenvalue weighted by Gasteiger charge is -2.17. The molecular formula is C17H29NS. The maximum absolute atomic E-state index is 3.45. The van der Waals surface area contributed by atoms with Crippen molar-refractivity contribution in [2.45, 2.75) is 63.3 Å². The van der Waals surface area contributed by atoms with Crippen molar-refractivity contribution < 1.29 is 0 Å². The Morgan fingerprint density at radius 1 is 1.00 bits per heavy atom. The first-order chi connectivity index (χ1) is 9.31. The summed E-state index contributed by atoms with van der Waals surface area (Å²) in [5.74, 6) is 1.15. The van der Waals surface area contributed by atoms with Gasteiger partial charge in [0.25, 0.3) is 0 Å². The molecule has 1 aromatic carbocycles. The minimum atomic E-state index is 0.516. The van der Waals surface area contributed by atoms with Crippen LogP contribution in [0.15, 0.2) is 29.2 Å². The van der Waals surface area contributed by atoms with Crippen LogP contribution in [0, 0.1) is 0 Å². The van der Waals surface area contributed by atoms with E-state index < -0.39 is 0 Å². The van der Waals surface area contributed by atoms with Gasteiger partial charge in [-0.05, 0) is 36.9 Å². The van der Waals surface area contributed by atoms with Crippen LogP contribution in [0.2, 0.25) is 0 Å². The van der Waals surface area contributed by atoms with E-state index in [0.29, 0.717) is 6.04 Å². The van der Waals surface area contributed by atoms with Gasteiger partial charge in [-0.3, -0.25) is 0 Å². The van der Waals surface area contributed by atoms with Gasteiger partial charge < -0.3 is 5.32 Å². The lowest BCUT2D eigenvalue weighted by atomic mass is 10.00. The van der Waals surface area contributed by atoms with E-state index in [9.17, 15) is 0 Å². The van der Waals surface area contributed by atoms with Crippen LogP contribution < -0.4 is 5.32 Å². The highest BCUT2D eigenvalue weighted by molar-refractivity contribution is 7.99. The van der Waals surface area contributed by atoms with Crippen LogP contribution in [-0.4, -0.2) is 12.8 Å². The molecule has 0 saturated heterocycles. The van der Waals surface area contributed by atoms with Gasteiger partial charge in [0.15, 0.2) is 0 Å². The molecule has 0 saturated carbocycles. The largest absolute Gasteiger partial charge is 0.313 e. The molecule has 0 aliphatic rings. The van der Waals surface area contributed by atoms with Gasteiger partial charge in [0.05, 0.1) is 0 Å². The third-order valence-electron chi connectivity index (χ3n) is 3.54. The molecule has 108 valence electrons. The van der Waals surface area contributed by atoms with Crippen molar-refractivity contribution in [1.82, 2.24) is 5.32 Å². The molecule has 0 amide bonds. The molecule has 1 aromatic rings. The molecule has 0 radical (unpaired) electrons. The summed E-state index contributed by atoms with van der Waals surface area (Å²) in [5.41, 5.74) is 1.43.